The van der Waals surface area contributed by atoms with Gasteiger partial charge in [0.1, 0.15) is 0 Å². The Balaban J connectivity index is 1.80. The maximum atomic E-state index is 11.7. The molecule has 36 heavy (non-hydrogen) atoms. The zero-order valence-electron chi connectivity index (χ0n) is 21.5. The van der Waals surface area contributed by atoms with E-state index in [4.69, 9.17) is 24.7 Å². The summed E-state index contributed by atoms with van der Waals surface area (Å²) in [5, 5.41) is 0. The van der Waals surface area contributed by atoms with Crippen molar-refractivity contribution < 1.29 is 23.7 Å². The lowest BCUT2D eigenvalue weighted by atomic mass is 10.1. The minimum atomic E-state index is -0.262. The number of nitrogen functional groups attached to an aromatic ring is 1. The number of esters is 1. The number of methoxy groups -OCH3 is 3. The first-order valence-corrected chi connectivity index (χ1v) is 12.1. The number of nitrogens with zero attached hydrogens (tertiary/aromatic N) is 5. The van der Waals surface area contributed by atoms with Gasteiger partial charge in [-0.15, -0.1) is 0 Å². The van der Waals surface area contributed by atoms with Gasteiger partial charge in [0.15, 0.2) is 17.0 Å². The van der Waals surface area contributed by atoms with Crippen LogP contribution in [0, 0.1) is 0 Å². The zero-order valence-corrected chi connectivity index (χ0v) is 21.5. The molecule has 0 amide bonds. The first kappa shape index (κ1) is 27.2. The van der Waals surface area contributed by atoms with Crippen LogP contribution in [0.3, 0.4) is 0 Å². The van der Waals surface area contributed by atoms with Gasteiger partial charge in [0, 0.05) is 33.3 Å². The predicted molar refractivity (Wildman–Crippen MR) is 136 cm³/mol. The van der Waals surface area contributed by atoms with Crippen LogP contribution in [0.4, 0.5) is 5.82 Å². The van der Waals surface area contributed by atoms with Gasteiger partial charge in [-0.2, -0.15) is 15.0 Å². The quantitative estimate of drug-likeness (QED) is 0.245. The van der Waals surface area contributed by atoms with Crippen molar-refractivity contribution in [2.45, 2.75) is 39.3 Å². The molecule has 0 radical (unpaired) electrons. The van der Waals surface area contributed by atoms with Crippen LogP contribution in [0.15, 0.2) is 24.3 Å². The van der Waals surface area contributed by atoms with Crippen molar-refractivity contribution in [2.75, 3.05) is 53.4 Å². The minimum absolute atomic E-state index is 0.232. The molecule has 0 unspecified atom stereocenters. The van der Waals surface area contributed by atoms with Crippen molar-refractivity contribution in [1.82, 2.24) is 24.4 Å². The van der Waals surface area contributed by atoms with Crippen molar-refractivity contribution in [2.24, 2.45) is 0 Å². The number of nitrogens with two attached hydrogens (primary N) is 1. The molecule has 0 fully saturated rings. The maximum Gasteiger partial charge on any atom is 0.320 e. The van der Waals surface area contributed by atoms with E-state index in [0.29, 0.717) is 50.0 Å². The molecular formula is C25H36N6O5. The first-order chi connectivity index (χ1) is 17.5. The minimum Gasteiger partial charge on any atom is -0.469 e. The Labute approximate surface area is 211 Å². The smallest absolute Gasteiger partial charge is 0.320 e. The van der Waals surface area contributed by atoms with Gasteiger partial charge in [-0.05, 0) is 17.5 Å². The van der Waals surface area contributed by atoms with Gasteiger partial charge in [-0.3, -0.25) is 14.3 Å². The third-order valence-corrected chi connectivity index (χ3v) is 5.70. The number of rotatable bonds is 15. The van der Waals surface area contributed by atoms with Gasteiger partial charge in [0.2, 0.25) is 0 Å². The summed E-state index contributed by atoms with van der Waals surface area (Å²) in [4.78, 5) is 27.2. The number of aromatic nitrogens is 4. The maximum absolute atomic E-state index is 11.7. The van der Waals surface area contributed by atoms with Crippen LogP contribution < -0.4 is 15.2 Å². The number of carbonyl (C=O) groups excluding carboxylic acids is 1. The molecule has 0 spiro atoms. The fourth-order valence-corrected chi connectivity index (χ4v) is 3.78. The second-order valence-corrected chi connectivity index (χ2v) is 8.36. The number of fused-ring (bicyclic) bond motifs is 1. The molecule has 196 valence electrons. The topological polar surface area (TPSA) is 127 Å². The van der Waals surface area contributed by atoms with Crippen LogP contribution in [0.5, 0.6) is 12.0 Å². The number of hydrogen-bond acceptors (Lipinski definition) is 10. The first-order valence-electron chi connectivity index (χ1n) is 12.1. The standard InChI is InChI=1S/C25H36N6O5/c1-5-6-13-36-24-28-22(26)21-23(29-24)31(25(27-21)35-4)11-10-30(12-14-33-2)17-19-9-7-8-18(15-19)16-20(32)34-3/h7-9,15H,5-6,10-14,16-17H2,1-4H3,(H2,26,28,29). The highest BCUT2D eigenvalue weighted by Crippen LogP contribution is 2.25. The zero-order chi connectivity index (χ0) is 25.9. The van der Waals surface area contributed by atoms with Crippen molar-refractivity contribution in [3.05, 3.63) is 35.4 Å². The van der Waals surface area contributed by atoms with Crippen molar-refractivity contribution in [1.29, 1.82) is 0 Å². The normalized spacial score (nSPS) is 11.2. The predicted octanol–water partition coefficient (Wildman–Crippen LogP) is 2.46. The van der Waals surface area contributed by atoms with Crippen molar-refractivity contribution in [3.63, 3.8) is 0 Å². The molecule has 2 N–H and O–H groups in total. The summed E-state index contributed by atoms with van der Waals surface area (Å²) in [6.07, 6.45) is 2.15. The number of imidazole rings is 1. The van der Waals surface area contributed by atoms with E-state index in [2.05, 4.69) is 26.8 Å². The summed E-state index contributed by atoms with van der Waals surface area (Å²) in [5.41, 5.74) is 9.21. The second-order valence-electron chi connectivity index (χ2n) is 8.36. The lowest BCUT2D eigenvalue weighted by molar-refractivity contribution is -0.139. The summed E-state index contributed by atoms with van der Waals surface area (Å²) >= 11 is 0. The van der Waals surface area contributed by atoms with Crippen LogP contribution in [-0.2, 0) is 33.8 Å². The highest BCUT2D eigenvalue weighted by molar-refractivity contribution is 5.83. The Morgan fingerprint density at radius 2 is 1.89 bits per heavy atom. The molecule has 0 bridgehead atoms. The van der Waals surface area contributed by atoms with E-state index in [-0.39, 0.29) is 24.2 Å². The van der Waals surface area contributed by atoms with Gasteiger partial charge < -0.3 is 24.7 Å². The number of unbranched alkanes of at least 4 members (excludes halogenated alkanes) is 1. The van der Waals surface area contributed by atoms with Crippen LogP contribution in [0.1, 0.15) is 30.9 Å². The fraction of sp³-hybridized carbons (Fsp3) is 0.520. The Morgan fingerprint density at radius 1 is 1.08 bits per heavy atom. The van der Waals surface area contributed by atoms with Crippen LogP contribution >= 0.6 is 0 Å². The second kappa shape index (κ2) is 13.6. The summed E-state index contributed by atoms with van der Waals surface area (Å²) in [5.74, 6) is -0.0102. The Bertz CT molecular complexity index is 1140. The molecule has 0 aliphatic rings. The molecule has 3 aromatic rings. The summed E-state index contributed by atoms with van der Waals surface area (Å²) in [7, 11) is 4.64. The summed E-state index contributed by atoms with van der Waals surface area (Å²) in [6.45, 7) is 5.80. The Morgan fingerprint density at radius 3 is 2.61 bits per heavy atom. The average Bonchev–Trinajstić information content (AvgIpc) is 3.24. The number of benzene rings is 1. The third-order valence-electron chi connectivity index (χ3n) is 5.70. The molecule has 0 aliphatic carbocycles. The molecule has 11 heteroatoms. The monoisotopic (exact) mass is 500 g/mol. The lowest BCUT2D eigenvalue weighted by Crippen LogP contribution is -2.30. The molecular weight excluding hydrogens is 464 g/mol. The fourth-order valence-electron chi connectivity index (χ4n) is 3.78. The molecule has 2 heterocycles. The summed E-state index contributed by atoms with van der Waals surface area (Å²) in [6, 6.07) is 8.58. The van der Waals surface area contributed by atoms with E-state index in [1.165, 1.54) is 7.11 Å². The SMILES string of the molecule is CCCCOc1nc(N)c2nc(OC)n(CCN(CCOC)Cc3cccc(CC(=O)OC)c3)c2n1. The summed E-state index contributed by atoms with van der Waals surface area (Å²) < 4.78 is 23.2. The molecule has 0 saturated carbocycles. The molecule has 1 aromatic carbocycles. The van der Waals surface area contributed by atoms with Gasteiger partial charge in [-0.1, -0.05) is 37.6 Å². The van der Waals surface area contributed by atoms with Gasteiger partial charge >= 0.3 is 12.0 Å². The van der Waals surface area contributed by atoms with E-state index in [1.54, 1.807) is 14.2 Å². The molecule has 0 saturated heterocycles. The average molecular weight is 501 g/mol. The molecule has 2 aromatic heterocycles. The number of ether oxygens (including phenoxy) is 4. The van der Waals surface area contributed by atoms with E-state index >= 15 is 0 Å². The van der Waals surface area contributed by atoms with E-state index in [0.717, 1.165) is 30.5 Å². The van der Waals surface area contributed by atoms with E-state index < -0.39 is 0 Å². The van der Waals surface area contributed by atoms with Gasteiger partial charge in [-0.25, -0.2) is 0 Å². The van der Waals surface area contributed by atoms with Gasteiger partial charge in [0.25, 0.3) is 6.01 Å². The van der Waals surface area contributed by atoms with Gasteiger partial charge in [0.05, 0.1) is 33.9 Å². The molecule has 0 aliphatic heterocycles. The third kappa shape index (κ3) is 7.28. The molecule has 11 nitrogen and oxygen atoms in total. The number of anilines is 1. The number of hydrogen-bond donors (Lipinski definition) is 1. The Hall–Kier alpha value is -3.44. The largest absolute Gasteiger partial charge is 0.469 e. The van der Waals surface area contributed by atoms with Crippen LogP contribution in [-0.4, -0.2) is 78.0 Å². The lowest BCUT2D eigenvalue weighted by Gasteiger charge is -2.23. The number of carbonyl (C=O) groups is 1. The van der Waals surface area contributed by atoms with Crippen molar-refractivity contribution >= 4 is 23.0 Å². The highest BCUT2D eigenvalue weighted by Gasteiger charge is 2.19. The van der Waals surface area contributed by atoms with E-state index in [1.807, 2.05) is 28.8 Å². The van der Waals surface area contributed by atoms with E-state index in [9.17, 15) is 4.79 Å². The van der Waals surface area contributed by atoms with Crippen LogP contribution in [0.2, 0.25) is 0 Å². The Kier molecular flexibility index (Phi) is 10.3. The highest BCUT2D eigenvalue weighted by atomic mass is 16.5. The van der Waals surface area contributed by atoms with Crippen LogP contribution in [0.25, 0.3) is 11.2 Å². The molecule has 0 atom stereocenters. The molecule has 3 rings (SSSR count). The van der Waals surface area contributed by atoms with Crippen molar-refractivity contribution in [3.8, 4) is 12.0 Å².